The van der Waals surface area contributed by atoms with Crippen molar-refractivity contribution < 1.29 is 28.2 Å². The van der Waals surface area contributed by atoms with Gasteiger partial charge in [0.1, 0.15) is 17.1 Å². The van der Waals surface area contributed by atoms with E-state index in [9.17, 15) is 14.0 Å². The smallest absolute Gasteiger partial charge is 0.325 e. The van der Waals surface area contributed by atoms with E-state index >= 15 is 0 Å². The minimum absolute atomic E-state index is 0.0254. The van der Waals surface area contributed by atoms with Gasteiger partial charge in [-0.05, 0) is 63.0 Å². The molecule has 2 aliphatic heterocycles. The van der Waals surface area contributed by atoms with Crippen molar-refractivity contribution in [3.63, 3.8) is 0 Å². The lowest BCUT2D eigenvalue weighted by Gasteiger charge is -2.39. The fourth-order valence-electron chi connectivity index (χ4n) is 5.09. The van der Waals surface area contributed by atoms with Crippen molar-refractivity contribution in [2.24, 2.45) is 5.92 Å². The predicted octanol–water partition coefficient (Wildman–Crippen LogP) is 3.57. The van der Waals surface area contributed by atoms with Crippen LogP contribution in [-0.4, -0.2) is 61.7 Å². The molecule has 0 radical (unpaired) electrons. The van der Waals surface area contributed by atoms with E-state index in [1.165, 1.54) is 18.1 Å². The second kappa shape index (κ2) is 10.1. The summed E-state index contributed by atoms with van der Waals surface area (Å²) < 4.78 is 30.3. The molecule has 8 nitrogen and oxygen atoms in total. The monoisotopic (exact) mass is 485 g/mol. The molecule has 1 N–H and O–H groups in total. The molecule has 2 saturated heterocycles. The molecule has 0 spiro atoms. The van der Waals surface area contributed by atoms with Crippen LogP contribution >= 0.6 is 0 Å². The Balaban J connectivity index is 1.42. The van der Waals surface area contributed by atoms with E-state index < -0.39 is 11.6 Å². The van der Waals surface area contributed by atoms with Crippen LogP contribution in [0.2, 0.25) is 0 Å². The van der Waals surface area contributed by atoms with Crippen LogP contribution in [0.15, 0.2) is 36.4 Å². The van der Waals surface area contributed by atoms with Crippen molar-refractivity contribution in [3.8, 4) is 17.2 Å². The lowest BCUT2D eigenvalue weighted by atomic mass is 9.78. The fourth-order valence-corrected chi connectivity index (χ4v) is 5.09. The molecule has 0 bridgehead atoms. The van der Waals surface area contributed by atoms with Crippen molar-refractivity contribution >= 4 is 11.9 Å². The number of methoxy groups -OCH3 is 3. The van der Waals surface area contributed by atoms with Crippen molar-refractivity contribution in [1.82, 2.24) is 15.1 Å². The normalized spacial score (nSPS) is 21.2. The first-order valence-electron chi connectivity index (χ1n) is 11.7. The van der Waals surface area contributed by atoms with Crippen LogP contribution in [0.1, 0.15) is 30.9 Å². The molecule has 2 aromatic carbocycles. The highest BCUT2D eigenvalue weighted by atomic mass is 19.1. The number of carbonyl (C=O) groups is 2. The fraction of sp³-hybridized carbons (Fsp3) is 0.462. The standard InChI is InChI=1S/C26H32FN3O5/c1-26(19-10-12-29(13-11-19)15-18-14-20(33-2)8-9-21(18)27)24(31)30(25(32)28-26)16-17-6-5-7-22(34-3)23(17)35-4/h5-9,14,19H,10-13,15-16H2,1-4H3,(H,28,32)/t26-/m0/s1. The summed E-state index contributed by atoms with van der Waals surface area (Å²) in [5.41, 5.74) is 0.281. The van der Waals surface area contributed by atoms with E-state index in [-0.39, 0.29) is 24.2 Å². The van der Waals surface area contributed by atoms with E-state index in [1.54, 1.807) is 45.4 Å². The number of carbonyl (C=O) groups excluding carboxylic acids is 2. The van der Waals surface area contributed by atoms with E-state index in [2.05, 4.69) is 10.2 Å². The van der Waals surface area contributed by atoms with Gasteiger partial charge in [-0.15, -0.1) is 0 Å². The maximum atomic E-state index is 14.3. The molecule has 0 aromatic heterocycles. The van der Waals surface area contributed by atoms with E-state index in [0.717, 1.165) is 0 Å². The molecule has 35 heavy (non-hydrogen) atoms. The number of imide groups is 1. The molecule has 2 heterocycles. The van der Waals surface area contributed by atoms with Gasteiger partial charge in [-0.2, -0.15) is 0 Å². The predicted molar refractivity (Wildman–Crippen MR) is 128 cm³/mol. The van der Waals surface area contributed by atoms with E-state index in [4.69, 9.17) is 14.2 Å². The Labute approximate surface area is 204 Å². The second-order valence-electron chi connectivity index (χ2n) is 9.18. The van der Waals surface area contributed by atoms with Crippen molar-refractivity contribution in [2.75, 3.05) is 34.4 Å². The molecular weight excluding hydrogens is 453 g/mol. The van der Waals surface area contributed by atoms with Gasteiger partial charge in [0.15, 0.2) is 11.5 Å². The van der Waals surface area contributed by atoms with Crippen molar-refractivity contribution in [3.05, 3.63) is 53.3 Å². The molecule has 2 fully saturated rings. The zero-order valence-corrected chi connectivity index (χ0v) is 20.6. The first-order chi connectivity index (χ1) is 16.8. The van der Waals surface area contributed by atoms with Gasteiger partial charge < -0.3 is 19.5 Å². The van der Waals surface area contributed by atoms with Crippen LogP contribution in [0.4, 0.5) is 9.18 Å². The van der Waals surface area contributed by atoms with Crippen molar-refractivity contribution in [1.29, 1.82) is 0 Å². The van der Waals surface area contributed by atoms with Crippen LogP contribution in [0.3, 0.4) is 0 Å². The quantitative estimate of drug-likeness (QED) is 0.576. The summed E-state index contributed by atoms with van der Waals surface area (Å²) in [7, 11) is 4.63. The van der Waals surface area contributed by atoms with Crippen LogP contribution in [0, 0.1) is 11.7 Å². The zero-order chi connectivity index (χ0) is 25.2. The van der Waals surface area contributed by atoms with Gasteiger partial charge >= 0.3 is 6.03 Å². The van der Waals surface area contributed by atoms with Crippen LogP contribution in [-0.2, 0) is 17.9 Å². The van der Waals surface area contributed by atoms with Gasteiger partial charge in [0, 0.05) is 17.7 Å². The zero-order valence-electron chi connectivity index (χ0n) is 20.6. The van der Waals surface area contributed by atoms with E-state index in [1.807, 2.05) is 6.07 Å². The summed E-state index contributed by atoms with van der Waals surface area (Å²) in [6, 6.07) is 9.71. The number of ether oxygens (including phenoxy) is 3. The average molecular weight is 486 g/mol. The summed E-state index contributed by atoms with van der Waals surface area (Å²) >= 11 is 0. The number of para-hydroxylation sites is 1. The van der Waals surface area contributed by atoms with Crippen LogP contribution in [0.25, 0.3) is 0 Å². The number of likely N-dealkylation sites (tertiary alicyclic amines) is 1. The molecule has 188 valence electrons. The van der Waals surface area contributed by atoms with Gasteiger partial charge in [-0.1, -0.05) is 12.1 Å². The number of amides is 3. The van der Waals surface area contributed by atoms with Gasteiger partial charge in [0.05, 0.1) is 27.9 Å². The Morgan fingerprint density at radius 1 is 1.00 bits per heavy atom. The highest BCUT2D eigenvalue weighted by Crippen LogP contribution is 2.37. The molecule has 2 aromatic rings. The number of halogens is 1. The second-order valence-corrected chi connectivity index (χ2v) is 9.18. The summed E-state index contributed by atoms with van der Waals surface area (Å²) in [6.07, 6.45) is 1.43. The maximum Gasteiger partial charge on any atom is 0.325 e. The Kier molecular flexibility index (Phi) is 7.16. The molecule has 0 saturated carbocycles. The number of urea groups is 1. The summed E-state index contributed by atoms with van der Waals surface area (Å²) in [4.78, 5) is 29.7. The number of benzene rings is 2. The minimum atomic E-state index is -0.990. The third kappa shape index (κ3) is 4.77. The number of nitrogens with zero attached hydrogens (tertiary/aromatic N) is 2. The third-order valence-corrected chi connectivity index (χ3v) is 7.17. The first-order valence-corrected chi connectivity index (χ1v) is 11.7. The van der Waals surface area contributed by atoms with E-state index in [0.29, 0.717) is 60.9 Å². The number of hydrogen-bond acceptors (Lipinski definition) is 6. The molecule has 9 heteroatoms. The average Bonchev–Trinajstić information content (AvgIpc) is 3.09. The van der Waals surface area contributed by atoms with Crippen LogP contribution < -0.4 is 19.5 Å². The number of piperidine rings is 1. The Morgan fingerprint density at radius 3 is 2.40 bits per heavy atom. The molecule has 3 amide bonds. The largest absolute Gasteiger partial charge is 0.497 e. The number of rotatable bonds is 8. The Morgan fingerprint density at radius 2 is 1.74 bits per heavy atom. The Bertz CT molecular complexity index is 1100. The molecule has 4 rings (SSSR count). The van der Waals surface area contributed by atoms with Gasteiger partial charge in [0.25, 0.3) is 5.91 Å². The highest BCUT2D eigenvalue weighted by molar-refractivity contribution is 6.07. The minimum Gasteiger partial charge on any atom is -0.497 e. The molecule has 0 unspecified atom stereocenters. The molecular formula is C26H32FN3O5. The summed E-state index contributed by atoms with van der Waals surface area (Å²) in [5.74, 6) is 1.13. The Hall–Kier alpha value is -3.33. The van der Waals surface area contributed by atoms with Gasteiger partial charge in [-0.3, -0.25) is 14.6 Å². The lowest BCUT2D eigenvalue weighted by molar-refractivity contribution is -0.133. The van der Waals surface area contributed by atoms with Crippen molar-refractivity contribution in [2.45, 2.75) is 38.4 Å². The summed E-state index contributed by atoms with van der Waals surface area (Å²) in [5, 5.41) is 2.95. The molecule has 0 aliphatic carbocycles. The van der Waals surface area contributed by atoms with Gasteiger partial charge in [-0.25, -0.2) is 9.18 Å². The lowest BCUT2D eigenvalue weighted by Crippen LogP contribution is -2.53. The van der Waals surface area contributed by atoms with Gasteiger partial charge in [0.2, 0.25) is 0 Å². The molecule has 1 atom stereocenters. The van der Waals surface area contributed by atoms with Crippen LogP contribution in [0.5, 0.6) is 17.2 Å². The topological polar surface area (TPSA) is 80.3 Å². The maximum absolute atomic E-state index is 14.3. The third-order valence-electron chi connectivity index (χ3n) is 7.17. The molecule has 2 aliphatic rings. The summed E-state index contributed by atoms with van der Waals surface area (Å²) in [6.45, 7) is 3.76. The first kappa shape index (κ1) is 24.8. The highest BCUT2D eigenvalue weighted by Gasteiger charge is 2.52. The number of nitrogens with one attached hydrogen (secondary N) is 1. The SMILES string of the molecule is COc1ccc(F)c(CN2CCC([C@]3(C)NC(=O)N(Cc4cccc(OC)c4OC)C3=O)CC2)c1. The number of hydrogen-bond donors (Lipinski definition) is 1.